The molecule has 1 fully saturated rings. The van der Waals surface area contributed by atoms with Crippen LogP contribution in [0.15, 0.2) is 0 Å². The predicted octanol–water partition coefficient (Wildman–Crippen LogP) is 4.08. The number of rotatable bonds is 3. The Labute approximate surface area is 102 Å². The predicted molar refractivity (Wildman–Crippen MR) is 72.6 cm³/mol. The van der Waals surface area contributed by atoms with Crippen LogP contribution in [0.4, 0.5) is 0 Å². The van der Waals surface area contributed by atoms with Crippen LogP contribution in [0.2, 0.25) is 0 Å². The first kappa shape index (κ1) is 14.0. The Morgan fingerprint density at radius 1 is 1.25 bits per heavy atom. The minimum Gasteiger partial charge on any atom is -0.316 e. The number of hydrogen-bond acceptors (Lipinski definition) is 1. The highest BCUT2D eigenvalue weighted by Gasteiger charge is 2.29. The Morgan fingerprint density at radius 2 is 1.94 bits per heavy atom. The first-order valence-electron chi connectivity index (χ1n) is 7.15. The molecule has 1 N–H and O–H groups in total. The molecule has 0 aromatic rings. The molecular formula is C15H31N. The highest BCUT2D eigenvalue weighted by atomic mass is 14.9. The Bertz CT molecular complexity index is 198. The summed E-state index contributed by atoms with van der Waals surface area (Å²) in [6.07, 6.45) is 5.48. The zero-order valence-corrected chi connectivity index (χ0v) is 12.0. The average molecular weight is 225 g/mol. The Morgan fingerprint density at radius 3 is 2.56 bits per heavy atom. The molecule has 0 radical (unpaired) electrons. The Kier molecular flexibility index (Phi) is 5.30. The summed E-state index contributed by atoms with van der Waals surface area (Å²) in [5.74, 6) is 2.59. The fourth-order valence-electron chi connectivity index (χ4n) is 3.49. The molecule has 1 nitrogen and oxygen atoms in total. The van der Waals surface area contributed by atoms with E-state index in [1.807, 2.05) is 0 Å². The molecule has 0 aliphatic carbocycles. The molecule has 1 heteroatoms. The van der Waals surface area contributed by atoms with E-state index in [1.165, 1.54) is 38.8 Å². The second-order valence-corrected chi connectivity index (χ2v) is 6.86. The Hall–Kier alpha value is -0.0400. The number of nitrogens with one attached hydrogen (secondary N) is 1. The first-order chi connectivity index (χ1) is 7.44. The molecule has 0 aromatic heterocycles. The molecule has 3 atom stereocenters. The minimum atomic E-state index is 0.536. The molecule has 0 amide bonds. The van der Waals surface area contributed by atoms with E-state index in [1.54, 1.807) is 0 Å². The van der Waals surface area contributed by atoms with Crippen molar-refractivity contribution in [1.82, 2.24) is 5.32 Å². The van der Waals surface area contributed by atoms with Crippen molar-refractivity contribution in [3.63, 3.8) is 0 Å². The van der Waals surface area contributed by atoms with Gasteiger partial charge in [0.15, 0.2) is 0 Å². The first-order valence-corrected chi connectivity index (χ1v) is 7.15. The fourth-order valence-corrected chi connectivity index (χ4v) is 3.49. The maximum atomic E-state index is 3.66. The molecule has 0 aromatic carbocycles. The highest BCUT2D eigenvalue weighted by molar-refractivity contribution is 4.82. The van der Waals surface area contributed by atoms with Gasteiger partial charge in [-0.3, -0.25) is 0 Å². The van der Waals surface area contributed by atoms with Crippen molar-refractivity contribution >= 4 is 0 Å². The SMILES string of the molecule is CCCC(C)C1CNCC(C)CC(C)(C)C1. The van der Waals surface area contributed by atoms with Crippen LogP contribution >= 0.6 is 0 Å². The van der Waals surface area contributed by atoms with E-state index in [9.17, 15) is 0 Å². The van der Waals surface area contributed by atoms with E-state index in [4.69, 9.17) is 0 Å². The van der Waals surface area contributed by atoms with Gasteiger partial charge in [-0.05, 0) is 49.1 Å². The monoisotopic (exact) mass is 225 g/mol. The van der Waals surface area contributed by atoms with Crippen molar-refractivity contribution in [2.45, 2.75) is 60.3 Å². The van der Waals surface area contributed by atoms with Crippen molar-refractivity contribution < 1.29 is 0 Å². The molecule has 1 rings (SSSR count). The van der Waals surface area contributed by atoms with E-state index in [0.717, 1.165) is 17.8 Å². The fraction of sp³-hybridized carbons (Fsp3) is 1.00. The van der Waals surface area contributed by atoms with Crippen LogP contribution in [0.3, 0.4) is 0 Å². The molecule has 96 valence electrons. The van der Waals surface area contributed by atoms with Crippen LogP contribution in [-0.2, 0) is 0 Å². The molecule has 1 aliphatic rings. The highest BCUT2D eigenvalue weighted by Crippen LogP contribution is 2.37. The molecular weight excluding hydrogens is 194 g/mol. The molecule has 1 aliphatic heterocycles. The maximum Gasteiger partial charge on any atom is -0.00177 e. The largest absolute Gasteiger partial charge is 0.316 e. The lowest BCUT2D eigenvalue weighted by Crippen LogP contribution is -2.37. The van der Waals surface area contributed by atoms with Crippen molar-refractivity contribution in [2.75, 3.05) is 13.1 Å². The van der Waals surface area contributed by atoms with Gasteiger partial charge in [0, 0.05) is 0 Å². The summed E-state index contributed by atoms with van der Waals surface area (Å²) >= 11 is 0. The van der Waals surface area contributed by atoms with Gasteiger partial charge in [0.2, 0.25) is 0 Å². The lowest BCUT2D eigenvalue weighted by atomic mass is 9.71. The zero-order valence-electron chi connectivity index (χ0n) is 12.0. The second-order valence-electron chi connectivity index (χ2n) is 6.86. The summed E-state index contributed by atoms with van der Waals surface area (Å²) in [7, 11) is 0. The average Bonchev–Trinajstić information content (AvgIpc) is 2.13. The molecule has 0 spiro atoms. The van der Waals surface area contributed by atoms with Crippen molar-refractivity contribution in [1.29, 1.82) is 0 Å². The minimum absolute atomic E-state index is 0.536. The van der Waals surface area contributed by atoms with Gasteiger partial charge in [0.25, 0.3) is 0 Å². The quantitative estimate of drug-likeness (QED) is 0.763. The van der Waals surface area contributed by atoms with Crippen molar-refractivity contribution in [3.8, 4) is 0 Å². The molecule has 1 saturated heterocycles. The lowest BCUT2D eigenvalue weighted by Gasteiger charge is -2.37. The van der Waals surface area contributed by atoms with Gasteiger partial charge >= 0.3 is 0 Å². The third-order valence-electron chi connectivity index (χ3n) is 4.16. The van der Waals surface area contributed by atoms with Gasteiger partial charge in [-0.1, -0.05) is 47.5 Å². The van der Waals surface area contributed by atoms with E-state index in [0.29, 0.717) is 5.41 Å². The van der Waals surface area contributed by atoms with Gasteiger partial charge < -0.3 is 5.32 Å². The van der Waals surface area contributed by atoms with E-state index in [-0.39, 0.29) is 0 Å². The molecule has 0 saturated carbocycles. The summed E-state index contributed by atoms with van der Waals surface area (Å²) in [5, 5.41) is 3.66. The zero-order chi connectivity index (χ0) is 12.2. The van der Waals surface area contributed by atoms with Crippen LogP contribution in [0.25, 0.3) is 0 Å². The van der Waals surface area contributed by atoms with E-state index >= 15 is 0 Å². The second kappa shape index (κ2) is 6.05. The summed E-state index contributed by atoms with van der Waals surface area (Å²) < 4.78 is 0. The maximum absolute atomic E-state index is 3.66. The molecule has 0 bridgehead atoms. The van der Waals surface area contributed by atoms with Gasteiger partial charge in [-0.15, -0.1) is 0 Å². The van der Waals surface area contributed by atoms with E-state index in [2.05, 4.69) is 39.9 Å². The van der Waals surface area contributed by atoms with Crippen molar-refractivity contribution in [2.24, 2.45) is 23.2 Å². The molecule has 3 unspecified atom stereocenters. The third kappa shape index (κ3) is 4.45. The van der Waals surface area contributed by atoms with Crippen LogP contribution in [-0.4, -0.2) is 13.1 Å². The molecule has 16 heavy (non-hydrogen) atoms. The molecule has 1 heterocycles. The van der Waals surface area contributed by atoms with Crippen molar-refractivity contribution in [3.05, 3.63) is 0 Å². The standard InChI is InChI=1S/C15H31N/c1-6-7-13(3)14-9-15(4,5)8-12(2)10-16-11-14/h12-14,16H,6-11H2,1-5H3. The van der Waals surface area contributed by atoms with Crippen LogP contribution in [0, 0.1) is 23.2 Å². The summed E-state index contributed by atoms with van der Waals surface area (Å²) in [4.78, 5) is 0. The van der Waals surface area contributed by atoms with Gasteiger partial charge in [-0.2, -0.15) is 0 Å². The summed E-state index contributed by atoms with van der Waals surface area (Å²) in [6.45, 7) is 14.5. The third-order valence-corrected chi connectivity index (χ3v) is 4.16. The summed E-state index contributed by atoms with van der Waals surface area (Å²) in [6, 6.07) is 0. The van der Waals surface area contributed by atoms with Crippen LogP contribution in [0.5, 0.6) is 0 Å². The smallest absolute Gasteiger partial charge is 0.00177 e. The number of hydrogen-bond donors (Lipinski definition) is 1. The van der Waals surface area contributed by atoms with Gasteiger partial charge in [-0.25, -0.2) is 0 Å². The topological polar surface area (TPSA) is 12.0 Å². The van der Waals surface area contributed by atoms with Gasteiger partial charge in [0.1, 0.15) is 0 Å². The van der Waals surface area contributed by atoms with Crippen LogP contribution < -0.4 is 5.32 Å². The Balaban J connectivity index is 2.58. The van der Waals surface area contributed by atoms with E-state index < -0.39 is 0 Å². The lowest BCUT2D eigenvalue weighted by molar-refractivity contribution is 0.150. The normalized spacial score (nSPS) is 32.8. The van der Waals surface area contributed by atoms with Gasteiger partial charge in [0.05, 0.1) is 0 Å². The summed E-state index contributed by atoms with van der Waals surface area (Å²) in [5.41, 5.74) is 0.536. The van der Waals surface area contributed by atoms with Crippen LogP contribution in [0.1, 0.15) is 60.3 Å².